The van der Waals surface area contributed by atoms with Crippen LogP contribution in [0, 0.1) is 0 Å². The van der Waals surface area contributed by atoms with Gasteiger partial charge in [0.1, 0.15) is 0 Å². The molecule has 1 aromatic heterocycles. The van der Waals surface area contributed by atoms with E-state index in [0.29, 0.717) is 18.6 Å². The van der Waals surface area contributed by atoms with Gasteiger partial charge in [0.25, 0.3) is 11.5 Å². The van der Waals surface area contributed by atoms with Crippen LogP contribution >= 0.6 is 0 Å². The maximum Gasteiger partial charge on any atom is 2.00 e. The molecule has 0 aliphatic carbocycles. The smallest absolute Gasteiger partial charge is 0.550 e. The molecule has 15 nitrogen and oxygen atoms in total. The number of nitrogen functional groups attached to an aromatic ring is 1. The van der Waals surface area contributed by atoms with Crippen LogP contribution in [0.25, 0.3) is 0 Å². The number of nitrogens with one attached hydrogen (secondary N) is 4. The summed E-state index contributed by atoms with van der Waals surface area (Å²) >= 11 is 0. The van der Waals surface area contributed by atoms with E-state index in [2.05, 4.69) is 25.9 Å². The van der Waals surface area contributed by atoms with E-state index in [1.165, 1.54) is 17.0 Å². The molecular formula is C20H23CaN7O8. The number of hydrogen-bond donors (Lipinski definition) is 5. The minimum Gasteiger partial charge on any atom is -0.550 e. The Labute approximate surface area is 233 Å². The number of fused-ring (bicyclic) bond motifs is 1. The van der Waals surface area contributed by atoms with E-state index < -0.39 is 41.9 Å². The normalized spacial score (nSPS) is 14.6. The summed E-state index contributed by atoms with van der Waals surface area (Å²) in [6.07, 6.45) is -0.386. The molecule has 2 aromatic rings. The van der Waals surface area contributed by atoms with Crippen LogP contribution in [0.5, 0.6) is 0 Å². The van der Waals surface area contributed by atoms with Gasteiger partial charge in [-0.3, -0.25) is 19.4 Å². The Morgan fingerprint density at radius 1 is 1.25 bits per heavy atom. The molecule has 0 bridgehead atoms. The first-order chi connectivity index (χ1) is 16.2. The van der Waals surface area contributed by atoms with Crippen LogP contribution in [0.15, 0.2) is 29.1 Å². The standard InChI is InChI=1S/C20H23N7O7.Ca.H2O/c21-20-25-16-15(18(32)26-20)27(9-28)12(8-23-16)7-22-11-3-1-10(2-4-11)17(31)24-13(19(33)34)5-6-14(29)30;;/h1-4,9,12-13,22H,5-8H2,(H,24,31)(H,29,30)(H,33,34)(H4,21,23,25,26,32);;1H2/q;+2;/p-2/t12?,13-;;/m0../s1/i5+1,6+1,13+1,14+1,19+1;;. The monoisotopic (exact) mass is 534 g/mol. The number of H-pyrrole nitrogens is 1. The Morgan fingerprint density at radius 3 is 2.50 bits per heavy atom. The molecule has 2 amide bonds. The molecule has 1 aliphatic rings. The van der Waals surface area contributed by atoms with E-state index in [0.717, 1.165) is 0 Å². The number of amides is 2. The number of nitrogens with two attached hydrogens (primary N) is 1. The molecular weight excluding hydrogens is 511 g/mol. The van der Waals surface area contributed by atoms with Gasteiger partial charge in [-0.15, -0.1) is 0 Å². The third-order valence-corrected chi connectivity index (χ3v) is 5.10. The van der Waals surface area contributed by atoms with E-state index in [1.807, 2.05) is 0 Å². The third kappa shape index (κ3) is 7.55. The van der Waals surface area contributed by atoms with Gasteiger partial charge in [0.2, 0.25) is 12.4 Å². The van der Waals surface area contributed by atoms with E-state index in [-0.39, 0.29) is 79.2 Å². The maximum absolute atomic E-state index is 12.3. The molecule has 0 fully saturated rings. The second-order valence-electron chi connectivity index (χ2n) is 7.41. The second kappa shape index (κ2) is 13.6. The summed E-state index contributed by atoms with van der Waals surface area (Å²) in [5.41, 5.74) is 5.75. The molecule has 1 aromatic carbocycles. The SMILES string of the molecule is Nc1nc2c(c(=O)[nH]1)N(C=O)C(CNc1ccc(C(=O)N[13C@@H]([13CH2][13CH2][13C](=O)[O-])[13C](=O)[O-])cc1)CN2.O.[Ca+2]. The Morgan fingerprint density at radius 2 is 1.92 bits per heavy atom. The van der Waals surface area contributed by atoms with Crippen molar-refractivity contribution in [3.63, 3.8) is 0 Å². The van der Waals surface area contributed by atoms with Crippen LogP contribution in [0.3, 0.4) is 0 Å². The van der Waals surface area contributed by atoms with Gasteiger partial charge in [0.05, 0.1) is 18.1 Å². The summed E-state index contributed by atoms with van der Waals surface area (Å²) in [4.78, 5) is 65.4. The fourth-order valence-electron chi connectivity index (χ4n) is 3.38. The fraction of sp³-hybridized carbons (Fsp3) is 0.300. The molecule has 1 aliphatic heterocycles. The van der Waals surface area contributed by atoms with Crippen LogP contribution in [-0.2, 0) is 14.4 Å². The number of aliphatic carboxylic acids is 2. The predicted octanol–water partition coefficient (Wildman–Crippen LogP) is -4.61. The van der Waals surface area contributed by atoms with Gasteiger partial charge in [-0.1, -0.05) is 0 Å². The number of carboxylic acids is 2. The number of carboxylic acid groups (broad SMARTS) is 2. The van der Waals surface area contributed by atoms with Crippen LogP contribution in [-0.4, -0.2) is 103 Å². The molecule has 1 unspecified atom stereocenters. The van der Waals surface area contributed by atoms with Crippen LogP contribution in [0.4, 0.5) is 23.1 Å². The van der Waals surface area contributed by atoms with Crippen molar-refractivity contribution in [2.24, 2.45) is 0 Å². The van der Waals surface area contributed by atoms with E-state index in [9.17, 15) is 34.2 Å². The molecule has 0 radical (unpaired) electrons. The van der Waals surface area contributed by atoms with Crippen molar-refractivity contribution >= 4 is 85.1 Å². The van der Waals surface area contributed by atoms with Gasteiger partial charge in [-0.2, -0.15) is 4.98 Å². The fourth-order valence-corrected chi connectivity index (χ4v) is 3.38. The average molecular weight is 534 g/mol. The molecule has 2 atom stereocenters. The van der Waals surface area contributed by atoms with Crippen molar-refractivity contribution in [3.8, 4) is 0 Å². The van der Waals surface area contributed by atoms with E-state index >= 15 is 0 Å². The average Bonchev–Trinajstić information content (AvgIpc) is 2.79. The van der Waals surface area contributed by atoms with Crippen molar-refractivity contribution in [3.05, 3.63) is 40.2 Å². The Balaban J connectivity index is 0.00000324. The van der Waals surface area contributed by atoms with Crippen molar-refractivity contribution in [2.75, 3.05) is 34.4 Å². The number of carbonyl (C=O) groups is 4. The van der Waals surface area contributed by atoms with Gasteiger partial charge in [0.15, 0.2) is 11.5 Å². The molecule has 36 heavy (non-hydrogen) atoms. The quantitative estimate of drug-likeness (QED) is 0.110. The number of aromatic amines is 1. The molecule has 16 heteroatoms. The number of aromatic nitrogens is 2. The minimum absolute atomic E-state index is 0. The predicted molar refractivity (Wildman–Crippen MR) is 125 cm³/mol. The number of hydrogen-bond acceptors (Lipinski definition) is 11. The first-order valence-corrected chi connectivity index (χ1v) is 10.1. The first kappa shape index (κ1) is 30.6. The van der Waals surface area contributed by atoms with Gasteiger partial charge in [-0.25, -0.2) is 0 Å². The van der Waals surface area contributed by atoms with Crippen LogP contribution in [0.2, 0.25) is 0 Å². The zero-order valence-corrected chi connectivity index (χ0v) is 21.1. The maximum atomic E-state index is 12.3. The first-order valence-electron chi connectivity index (χ1n) is 10.1. The van der Waals surface area contributed by atoms with Gasteiger partial charge in [0, 0.05) is 30.3 Å². The zero-order valence-electron chi connectivity index (χ0n) is 18.9. The van der Waals surface area contributed by atoms with E-state index in [4.69, 9.17) is 5.73 Å². The summed E-state index contributed by atoms with van der Waals surface area (Å²) in [7, 11) is 0. The molecule has 0 saturated carbocycles. The number of rotatable bonds is 10. The summed E-state index contributed by atoms with van der Waals surface area (Å²) in [5, 5.41) is 29.9. The number of nitrogens with zero attached hydrogens (tertiary/aromatic N) is 2. The molecule has 8 N–H and O–H groups in total. The summed E-state index contributed by atoms with van der Waals surface area (Å²) < 4.78 is 0. The number of benzene rings is 1. The number of anilines is 4. The molecule has 3 rings (SSSR count). The summed E-state index contributed by atoms with van der Waals surface area (Å²) in [5.74, 6) is -3.63. The van der Waals surface area contributed by atoms with Gasteiger partial charge >= 0.3 is 37.7 Å². The number of carbonyl (C=O) groups excluding carboxylic acids is 4. The Hall–Kier alpha value is -3.40. The van der Waals surface area contributed by atoms with Crippen molar-refractivity contribution in [1.29, 1.82) is 0 Å². The second-order valence-corrected chi connectivity index (χ2v) is 7.41. The van der Waals surface area contributed by atoms with Crippen LogP contribution < -0.4 is 42.4 Å². The van der Waals surface area contributed by atoms with Gasteiger partial charge < -0.3 is 51.9 Å². The van der Waals surface area contributed by atoms with Gasteiger partial charge in [-0.05, 0) is 37.1 Å². The largest absolute Gasteiger partial charge is 2.00 e. The summed E-state index contributed by atoms with van der Waals surface area (Å²) in [6.45, 7) is 0.544. The third-order valence-electron chi connectivity index (χ3n) is 5.10. The molecule has 188 valence electrons. The molecule has 0 saturated heterocycles. The topological polar surface area (TPSA) is 257 Å². The zero-order chi connectivity index (χ0) is 24.8. The van der Waals surface area contributed by atoms with Crippen molar-refractivity contribution in [1.82, 2.24) is 15.3 Å². The molecule has 0 spiro atoms. The molecule has 2 heterocycles. The van der Waals surface area contributed by atoms with E-state index in [1.54, 1.807) is 12.1 Å². The van der Waals surface area contributed by atoms with Crippen LogP contribution in [0.1, 0.15) is 23.2 Å². The van der Waals surface area contributed by atoms with Crippen molar-refractivity contribution in [2.45, 2.75) is 24.9 Å². The van der Waals surface area contributed by atoms with Crippen molar-refractivity contribution < 1.29 is 34.9 Å². The summed E-state index contributed by atoms with van der Waals surface area (Å²) in [6, 6.07) is 4.08. The Kier molecular flexibility index (Phi) is 11.6. The Bertz CT molecular complexity index is 1160. The minimum atomic E-state index is -1.60.